The summed E-state index contributed by atoms with van der Waals surface area (Å²) in [7, 11) is 0. The molecule has 0 spiro atoms. The molecule has 2 rings (SSSR count). The molecule has 1 saturated heterocycles. The number of hydrogen-bond acceptors (Lipinski definition) is 3. The maximum absolute atomic E-state index is 11.9. The van der Waals surface area contributed by atoms with Crippen molar-refractivity contribution in [3.05, 3.63) is 21.9 Å². The maximum atomic E-state index is 11.9. The zero-order chi connectivity index (χ0) is 13.7. The predicted molar refractivity (Wildman–Crippen MR) is 76.4 cm³/mol. The number of amides is 2. The van der Waals surface area contributed by atoms with E-state index in [2.05, 4.69) is 5.32 Å². The van der Waals surface area contributed by atoms with Gasteiger partial charge >= 0.3 is 0 Å². The minimum Gasteiger partial charge on any atom is -0.351 e. The van der Waals surface area contributed by atoms with Crippen LogP contribution in [-0.2, 0) is 4.79 Å². The van der Waals surface area contributed by atoms with E-state index < -0.39 is 0 Å². The first-order valence-corrected chi connectivity index (χ1v) is 7.66. The molecule has 4 nitrogen and oxygen atoms in total. The van der Waals surface area contributed by atoms with Crippen molar-refractivity contribution in [1.82, 2.24) is 10.2 Å². The van der Waals surface area contributed by atoms with E-state index in [0.29, 0.717) is 18.5 Å². The topological polar surface area (TPSA) is 49.4 Å². The van der Waals surface area contributed by atoms with Crippen LogP contribution in [0.15, 0.2) is 11.4 Å². The molecule has 0 unspecified atom stereocenters. The van der Waals surface area contributed by atoms with Crippen molar-refractivity contribution in [3.63, 3.8) is 0 Å². The van der Waals surface area contributed by atoms with Crippen molar-refractivity contribution in [2.45, 2.75) is 32.6 Å². The summed E-state index contributed by atoms with van der Waals surface area (Å²) in [5.74, 6) is 0.0669. The summed E-state index contributed by atoms with van der Waals surface area (Å²) in [4.78, 5) is 26.7. The fourth-order valence-electron chi connectivity index (χ4n) is 2.25. The van der Waals surface area contributed by atoms with Crippen molar-refractivity contribution in [2.24, 2.45) is 0 Å². The van der Waals surface area contributed by atoms with E-state index in [1.54, 1.807) is 11.3 Å². The van der Waals surface area contributed by atoms with Crippen molar-refractivity contribution < 1.29 is 9.59 Å². The van der Waals surface area contributed by atoms with Gasteiger partial charge in [0.1, 0.15) is 0 Å². The Morgan fingerprint density at radius 3 is 2.68 bits per heavy atom. The lowest BCUT2D eigenvalue weighted by atomic mass is 10.1. The zero-order valence-electron chi connectivity index (χ0n) is 11.3. The lowest BCUT2D eigenvalue weighted by Crippen LogP contribution is -2.37. The summed E-state index contributed by atoms with van der Waals surface area (Å²) in [6.45, 7) is 4.14. The molecule has 19 heavy (non-hydrogen) atoms. The smallest absolute Gasteiger partial charge is 0.252 e. The normalized spacial score (nSPS) is 15.3. The average molecular weight is 280 g/mol. The summed E-state index contributed by atoms with van der Waals surface area (Å²) in [5.41, 5.74) is 0.688. The number of carbonyl (C=O) groups excluding carboxylic acids is 2. The van der Waals surface area contributed by atoms with Crippen molar-refractivity contribution in [3.8, 4) is 0 Å². The molecule has 0 atom stereocenters. The molecule has 1 aromatic rings. The van der Waals surface area contributed by atoms with Crippen LogP contribution >= 0.6 is 11.3 Å². The van der Waals surface area contributed by atoms with E-state index in [-0.39, 0.29) is 11.8 Å². The molecule has 1 aliphatic rings. The van der Waals surface area contributed by atoms with Gasteiger partial charge in [0.15, 0.2) is 0 Å². The SMILES string of the molecule is Cc1cc(C(=O)NCCC(=O)N2CCCCC2)cs1. The Morgan fingerprint density at radius 1 is 1.32 bits per heavy atom. The van der Waals surface area contributed by atoms with Gasteiger partial charge in [-0.2, -0.15) is 0 Å². The van der Waals surface area contributed by atoms with Crippen LogP contribution in [0.4, 0.5) is 0 Å². The van der Waals surface area contributed by atoms with Crippen LogP contribution in [0.5, 0.6) is 0 Å². The summed E-state index contributed by atoms with van der Waals surface area (Å²) < 4.78 is 0. The first-order chi connectivity index (χ1) is 9.16. The molecule has 0 aliphatic carbocycles. The second kappa shape index (κ2) is 6.70. The van der Waals surface area contributed by atoms with Gasteiger partial charge in [0.2, 0.25) is 5.91 Å². The Kier molecular flexibility index (Phi) is 4.96. The average Bonchev–Trinajstić information content (AvgIpc) is 2.86. The Morgan fingerprint density at radius 2 is 2.05 bits per heavy atom. The van der Waals surface area contributed by atoms with Crippen LogP contribution in [0, 0.1) is 6.92 Å². The van der Waals surface area contributed by atoms with Gasteiger partial charge in [-0.1, -0.05) is 0 Å². The number of nitrogens with zero attached hydrogens (tertiary/aromatic N) is 1. The van der Waals surface area contributed by atoms with E-state index >= 15 is 0 Å². The quantitative estimate of drug-likeness (QED) is 0.919. The molecule has 0 aromatic carbocycles. The van der Waals surface area contributed by atoms with Gasteiger partial charge < -0.3 is 10.2 Å². The lowest BCUT2D eigenvalue weighted by molar-refractivity contribution is -0.131. The van der Waals surface area contributed by atoms with Gasteiger partial charge in [0.25, 0.3) is 5.91 Å². The lowest BCUT2D eigenvalue weighted by Gasteiger charge is -2.26. The Bertz CT molecular complexity index is 450. The number of piperidine rings is 1. The molecular weight excluding hydrogens is 260 g/mol. The van der Waals surface area contributed by atoms with Crippen LogP contribution in [0.25, 0.3) is 0 Å². The van der Waals surface area contributed by atoms with Gasteiger partial charge in [-0.25, -0.2) is 0 Å². The van der Waals surface area contributed by atoms with Crippen molar-refractivity contribution in [2.75, 3.05) is 19.6 Å². The number of hydrogen-bond donors (Lipinski definition) is 1. The van der Waals surface area contributed by atoms with Crippen LogP contribution in [0.3, 0.4) is 0 Å². The van der Waals surface area contributed by atoms with Gasteiger partial charge in [0.05, 0.1) is 5.56 Å². The monoisotopic (exact) mass is 280 g/mol. The molecule has 1 N–H and O–H groups in total. The highest BCUT2D eigenvalue weighted by molar-refractivity contribution is 7.10. The molecular formula is C14H20N2O2S. The number of rotatable bonds is 4. The Balaban J connectivity index is 1.71. The molecule has 1 aromatic heterocycles. The Hall–Kier alpha value is -1.36. The highest BCUT2D eigenvalue weighted by Gasteiger charge is 2.16. The van der Waals surface area contributed by atoms with Gasteiger partial charge in [-0.05, 0) is 32.3 Å². The molecule has 2 amide bonds. The highest BCUT2D eigenvalue weighted by atomic mass is 32.1. The molecule has 1 aliphatic heterocycles. The third-order valence-corrected chi connectivity index (χ3v) is 4.19. The predicted octanol–water partition coefficient (Wildman–Crippen LogP) is 2.19. The number of carbonyl (C=O) groups is 2. The molecule has 104 valence electrons. The molecule has 0 bridgehead atoms. The third kappa shape index (κ3) is 4.06. The maximum Gasteiger partial charge on any atom is 0.252 e. The summed E-state index contributed by atoms with van der Waals surface area (Å²) >= 11 is 1.56. The van der Waals surface area contributed by atoms with E-state index in [4.69, 9.17) is 0 Å². The number of nitrogens with one attached hydrogen (secondary N) is 1. The van der Waals surface area contributed by atoms with Crippen LogP contribution in [0.2, 0.25) is 0 Å². The highest BCUT2D eigenvalue weighted by Crippen LogP contribution is 2.13. The third-order valence-electron chi connectivity index (χ3n) is 3.33. The van der Waals surface area contributed by atoms with Crippen LogP contribution in [0.1, 0.15) is 40.9 Å². The number of likely N-dealkylation sites (tertiary alicyclic amines) is 1. The second-order valence-corrected chi connectivity index (χ2v) is 6.01. The first kappa shape index (κ1) is 14.1. The molecule has 5 heteroatoms. The molecule has 0 saturated carbocycles. The van der Waals surface area contributed by atoms with Crippen molar-refractivity contribution in [1.29, 1.82) is 0 Å². The first-order valence-electron chi connectivity index (χ1n) is 6.78. The summed E-state index contributed by atoms with van der Waals surface area (Å²) in [6.07, 6.45) is 3.82. The van der Waals surface area contributed by atoms with Gasteiger partial charge in [-0.3, -0.25) is 9.59 Å². The Labute approximate surface area is 117 Å². The fraction of sp³-hybridized carbons (Fsp3) is 0.571. The van der Waals surface area contributed by atoms with Crippen LogP contribution < -0.4 is 5.32 Å². The minimum absolute atomic E-state index is 0.0872. The molecule has 0 radical (unpaired) electrons. The van der Waals surface area contributed by atoms with E-state index in [0.717, 1.165) is 30.8 Å². The van der Waals surface area contributed by atoms with E-state index in [9.17, 15) is 9.59 Å². The summed E-state index contributed by atoms with van der Waals surface area (Å²) in [6, 6.07) is 1.87. The zero-order valence-corrected chi connectivity index (χ0v) is 12.1. The minimum atomic E-state index is -0.0872. The van der Waals surface area contributed by atoms with Crippen molar-refractivity contribution >= 4 is 23.2 Å². The van der Waals surface area contributed by atoms with Gasteiger partial charge in [-0.15, -0.1) is 11.3 Å². The summed E-state index contributed by atoms with van der Waals surface area (Å²) in [5, 5.41) is 4.65. The number of thiophene rings is 1. The molecule has 1 fully saturated rings. The fourth-order valence-corrected chi connectivity index (χ4v) is 2.93. The number of aryl methyl sites for hydroxylation is 1. The van der Waals surface area contributed by atoms with Gasteiger partial charge in [0, 0.05) is 36.3 Å². The van der Waals surface area contributed by atoms with Crippen LogP contribution in [-0.4, -0.2) is 36.3 Å². The standard InChI is InChI=1S/C14H20N2O2S/c1-11-9-12(10-19-11)14(18)15-6-5-13(17)16-7-3-2-4-8-16/h9-10H,2-8H2,1H3,(H,15,18). The largest absolute Gasteiger partial charge is 0.351 e. The molecule has 2 heterocycles. The van der Waals surface area contributed by atoms with E-state index in [1.807, 2.05) is 23.3 Å². The van der Waals surface area contributed by atoms with E-state index in [1.165, 1.54) is 6.42 Å². The second-order valence-electron chi connectivity index (χ2n) is 4.89.